The molecule has 21 heavy (non-hydrogen) atoms. The quantitative estimate of drug-likeness (QED) is 0.743. The molecule has 0 aliphatic heterocycles. The third-order valence-corrected chi connectivity index (χ3v) is 3.37. The summed E-state index contributed by atoms with van der Waals surface area (Å²) in [5, 5.41) is 11.0. The minimum Gasteiger partial charge on any atom is -0.494 e. The molecule has 2 aromatic heterocycles. The first-order chi connectivity index (χ1) is 10.1. The van der Waals surface area contributed by atoms with Gasteiger partial charge in [0.2, 0.25) is 5.88 Å². The second-order valence-corrected chi connectivity index (χ2v) is 4.64. The van der Waals surface area contributed by atoms with Crippen molar-refractivity contribution in [2.45, 2.75) is 13.3 Å². The van der Waals surface area contributed by atoms with Crippen LogP contribution in [0.1, 0.15) is 12.5 Å². The molecule has 0 fully saturated rings. The summed E-state index contributed by atoms with van der Waals surface area (Å²) in [5.41, 5.74) is 0.107. The van der Waals surface area contributed by atoms with Gasteiger partial charge in [-0.15, -0.1) is 0 Å². The van der Waals surface area contributed by atoms with Gasteiger partial charge in [0, 0.05) is 5.39 Å². The lowest BCUT2D eigenvalue weighted by Crippen LogP contribution is -2.31. The number of H-pyrrole nitrogens is 1. The van der Waals surface area contributed by atoms with Gasteiger partial charge in [-0.05, 0) is 18.6 Å². The Balaban J connectivity index is 2.32. The Morgan fingerprint density at radius 3 is 2.81 bits per heavy atom. The van der Waals surface area contributed by atoms with E-state index < -0.39 is 11.2 Å². The number of hydrogen-bond donors (Lipinski definition) is 2. The zero-order chi connectivity index (χ0) is 15.0. The summed E-state index contributed by atoms with van der Waals surface area (Å²) in [4.78, 5) is 30.1. The molecule has 0 saturated heterocycles. The average molecular weight is 283 g/mol. The number of nitrogens with one attached hydrogen (secondary N) is 1. The number of fused-ring (bicyclic) bond motifs is 1. The van der Waals surface area contributed by atoms with E-state index in [-0.39, 0.29) is 11.4 Å². The van der Waals surface area contributed by atoms with Crippen LogP contribution in [0.15, 0.2) is 46.1 Å². The lowest BCUT2D eigenvalue weighted by Gasteiger charge is -2.10. The second-order valence-electron chi connectivity index (χ2n) is 4.64. The predicted octanol–water partition coefficient (Wildman–Crippen LogP) is 1.34. The van der Waals surface area contributed by atoms with E-state index in [0.29, 0.717) is 12.1 Å². The molecular weight excluding hydrogens is 270 g/mol. The number of aromatic hydroxyl groups is 1. The summed E-state index contributed by atoms with van der Waals surface area (Å²) in [5.74, 6) is -0.344. The van der Waals surface area contributed by atoms with Gasteiger partial charge in [-0.1, -0.05) is 25.1 Å². The first-order valence-corrected chi connectivity index (χ1v) is 6.54. The van der Waals surface area contributed by atoms with Crippen molar-refractivity contribution in [1.82, 2.24) is 14.5 Å². The smallest absolute Gasteiger partial charge is 0.335 e. The van der Waals surface area contributed by atoms with E-state index in [1.54, 1.807) is 13.0 Å². The molecule has 3 aromatic rings. The van der Waals surface area contributed by atoms with Crippen LogP contribution in [-0.2, 0) is 6.42 Å². The van der Waals surface area contributed by atoms with Crippen LogP contribution >= 0.6 is 0 Å². The van der Waals surface area contributed by atoms with Gasteiger partial charge in [-0.2, -0.15) is 0 Å². The fourth-order valence-corrected chi connectivity index (χ4v) is 2.30. The zero-order valence-corrected chi connectivity index (χ0v) is 11.3. The van der Waals surface area contributed by atoms with Crippen LogP contribution in [0, 0.1) is 0 Å². The maximum Gasteiger partial charge on any atom is 0.335 e. The number of aromatic nitrogens is 3. The summed E-state index contributed by atoms with van der Waals surface area (Å²) >= 11 is 0. The minimum atomic E-state index is -0.688. The summed E-state index contributed by atoms with van der Waals surface area (Å²) < 4.78 is 1.06. The van der Waals surface area contributed by atoms with Crippen LogP contribution in [0.4, 0.5) is 0 Å². The van der Waals surface area contributed by atoms with E-state index >= 15 is 0 Å². The van der Waals surface area contributed by atoms with E-state index in [9.17, 15) is 14.7 Å². The Morgan fingerprint density at radius 2 is 2.05 bits per heavy atom. The monoisotopic (exact) mass is 283 g/mol. The number of hydrogen-bond acceptors (Lipinski definition) is 4. The van der Waals surface area contributed by atoms with E-state index in [2.05, 4.69) is 9.97 Å². The highest BCUT2D eigenvalue weighted by atomic mass is 16.3. The van der Waals surface area contributed by atoms with Crippen molar-refractivity contribution in [2.75, 3.05) is 0 Å². The Hall–Kier alpha value is -2.89. The molecule has 0 aliphatic carbocycles. The standard InChI is InChI=1S/C15H13N3O3/c1-2-11-13(19)17-15(21)18(14(11)20)10-7-9-5-3-4-6-12(9)16-8-10/h3-8,20H,2H2,1H3,(H,17,19,21). The molecule has 0 spiro atoms. The van der Waals surface area contributed by atoms with Crippen LogP contribution < -0.4 is 11.2 Å². The fraction of sp³-hybridized carbons (Fsp3) is 0.133. The second kappa shape index (κ2) is 4.90. The molecule has 3 rings (SSSR count). The molecule has 6 nitrogen and oxygen atoms in total. The normalized spacial score (nSPS) is 10.9. The molecule has 2 heterocycles. The van der Waals surface area contributed by atoms with E-state index in [4.69, 9.17) is 0 Å². The maximum atomic E-state index is 12.0. The molecule has 0 amide bonds. The van der Waals surface area contributed by atoms with Gasteiger partial charge in [0.25, 0.3) is 5.56 Å². The van der Waals surface area contributed by atoms with Gasteiger partial charge in [-0.3, -0.25) is 14.8 Å². The molecular formula is C15H13N3O3. The Labute approximate surface area is 119 Å². The van der Waals surface area contributed by atoms with Gasteiger partial charge in [0.15, 0.2) is 0 Å². The number of pyridine rings is 1. The molecule has 0 atom stereocenters. The van der Waals surface area contributed by atoms with Gasteiger partial charge >= 0.3 is 5.69 Å². The zero-order valence-electron chi connectivity index (χ0n) is 11.3. The van der Waals surface area contributed by atoms with Crippen LogP contribution in [0.5, 0.6) is 5.88 Å². The summed E-state index contributed by atoms with van der Waals surface area (Å²) in [6, 6.07) is 9.18. The first kappa shape index (κ1) is 13.1. The molecule has 2 N–H and O–H groups in total. The van der Waals surface area contributed by atoms with Crippen molar-refractivity contribution < 1.29 is 5.11 Å². The largest absolute Gasteiger partial charge is 0.494 e. The molecule has 6 heteroatoms. The molecule has 0 saturated carbocycles. The molecule has 0 aliphatic rings. The highest BCUT2D eigenvalue weighted by Crippen LogP contribution is 2.19. The van der Waals surface area contributed by atoms with Crippen molar-refractivity contribution in [3.8, 4) is 11.6 Å². The van der Waals surface area contributed by atoms with Crippen molar-refractivity contribution in [2.24, 2.45) is 0 Å². The third kappa shape index (κ3) is 2.10. The summed E-state index contributed by atoms with van der Waals surface area (Å²) in [6.07, 6.45) is 1.81. The Bertz CT molecular complexity index is 941. The van der Waals surface area contributed by atoms with Crippen LogP contribution in [0.25, 0.3) is 16.6 Å². The highest BCUT2D eigenvalue weighted by molar-refractivity contribution is 5.80. The molecule has 106 valence electrons. The Morgan fingerprint density at radius 1 is 1.29 bits per heavy atom. The van der Waals surface area contributed by atoms with Crippen molar-refractivity contribution in [3.05, 3.63) is 62.9 Å². The lowest BCUT2D eigenvalue weighted by atomic mass is 10.2. The molecule has 0 radical (unpaired) electrons. The van der Waals surface area contributed by atoms with E-state index in [1.807, 2.05) is 24.3 Å². The first-order valence-electron chi connectivity index (χ1n) is 6.54. The van der Waals surface area contributed by atoms with Crippen LogP contribution in [0.3, 0.4) is 0 Å². The van der Waals surface area contributed by atoms with Gasteiger partial charge < -0.3 is 5.11 Å². The summed E-state index contributed by atoms with van der Waals surface area (Å²) in [7, 11) is 0. The van der Waals surface area contributed by atoms with Gasteiger partial charge in [-0.25, -0.2) is 9.36 Å². The molecule has 0 bridgehead atoms. The number of aromatic amines is 1. The maximum absolute atomic E-state index is 12.0. The number of rotatable bonds is 2. The van der Waals surface area contributed by atoms with E-state index in [0.717, 1.165) is 15.5 Å². The fourth-order valence-electron chi connectivity index (χ4n) is 2.30. The van der Waals surface area contributed by atoms with Crippen molar-refractivity contribution in [3.63, 3.8) is 0 Å². The molecule has 0 unspecified atom stereocenters. The van der Waals surface area contributed by atoms with Crippen molar-refractivity contribution in [1.29, 1.82) is 0 Å². The van der Waals surface area contributed by atoms with Crippen LogP contribution in [-0.4, -0.2) is 19.6 Å². The van der Waals surface area contributed by atoms with Gasteiger partial charge in [0.05, 0.1) is 23.0 Å². The lowest BCUT2D eigenvalue weighted by molar-refractivity contribution is 0.423. The van der Waals surface area contributed by atoms with E-state index in [1.165, 1.54) is 6.20 Å². The average Bonchev–Trinajstić information content (AvgIpc) is 2.47. The predicted molar refractivity (Wildman–Crippen MR) is 79.0 cm³/mol. The topological polar surface area (TPSA) is 88.0 Å². The SMILES string of the molecule is CCc1c(O)n(-c2cnc3ccccc3c2)c(=O)[nH]c1=O. The summed E-state index contributed by atoms with van der Waals surface area (Å²) in [6.45, 7) is 1.73. The number of benzene rings is 1. The highest BCUT2D eigenvalue weighted by Gasteiger charge is 2.14. The minimum absolute atomic E-state index is 0.169. The van der Waals surface area contributed by atoms with Gasteiger partial charge in [0.1, 0.15) is 0 Å². The number of para-hydroxylation sites is 1. The number of nitrogens with zero attached hydrogens (tertiary/aromatic N) is 2. The van der Waals surface area contributed by atoms with Crippen LogP contribution in [0.2, 0.25) is 0 Å². The third-order valence-electron chi connectivity index (χ3n) is 3.37. The van der Waals surface area contributed by atoms with Crippen molar-refractivity contribution >= 4 is 10.9 Å². The Kier molecular flexibility index (Phi) is 3.06. The molecule has 1 aromatic carbocycles.